The minimum Gasteiger partial charge on any atom is -0.393 e. The van der Waals surface area contributed by atoms with Crippen molar-refractivity contribution >= 4 is 23.8 Å². The summed E-state index contributed by atoms with van der Waals surface area (Å²) >= 11 is 0. The predicted octanol–water partition coefficient (Wildman–Crippen LogP) is 2.22. The molecule has 72 valence electrons. The van der Waals surface area contributed by atoms with Crippen LogP contribution in [0.15, 0.2) is 12.1 Å². The van der Waals surface area contributed by atoms with E-state index in [1.165, 1.54) is 0 Å². The minimum absolute atomic E-state index is 0. The summed E-state index contributed by atoms with van der Waals surface area (Å²) in [6.07, 6.45) is 0. The Morgan fingerprint density at radius 1 is 1.38 bits per heavy atom. The van der Waals surface area contributed by atoms with Gasteiger partial charge in [0.15, 0.2) is 0 Å². The molecule has 2 N–H and O–H groups in total. The van der Waals surface area contributed by atoms with Crippen molar-refractivity contribution in [3.8, 4) is 0 Å². The quantitative estimate of drug-likeness (QED) is 0.431. The molecule has 0 heterocycles. The largest absolute Gasteiger partial charge is 0.393 e. The van der Waals surface area contributed by atoms with Crippen LogP contribution in [0.4, 0.5) is 11.4 Å². The van der Waals surface area contributed by atoms with Crippen molar-refractivity contribution in [3.05, 3.63) is 33.4 Å². The monoisotopic (exact) mass is 202 g/mol. The number of anilines is 1. The lowest BCUT2D eigenvalue weighted by molar-refractivity contribution is -0.384. The summed E-state index contributed by atoms with van der Waals surface area (Å²) in [4.78, 5) is 10.1. The zero-order chi connectivity index (χ0) is 9.30. The fourth-order valence-corrected chi connectivity index (χ4v) is 1.06. The number of benzene rings is 1. The Morgan fingerprint density at radius 2 is 1.92 bits per heavy atom. The first-order valence-electron chi connectivity index (χ1n) is 3.54. The Balaban J connectivity index is 0.00000144. The van der Waals surface area contributed by atoms with E-state index in [1.807, 2.05) is 6.92 Å². The zero-order valence-electron chi connectivity index (χ0n) is 7.40. The van der Waals surface area contributed by atoms with Crippen molar-refractivity contribution in [2.24, 2.45) is 0 Å². The van der Waals surface area contributed by atoms with Gasteiger partial charge in [-0.05, 0) is 25.5 Å². The molecule has 1 aromatic carbocycles. The van der Waals surface area contributed by atoms with Crippen molar-refractivity contribution < 1.29 is 4.92 Å². The second kappa shape index (κ2) is 4.09. The molecule has 0 amide bonds. The van der Waals surface area contributed by atoms with Gasteiger partial charge >= 0.3 is 0 Å². The average molecular weight is 203 g/mol. The first kappa shape index (κ1) is 11.7. The van der Waals surface area contributed by atoms with Crippen LogP contribution in [0.1, 0.15) is 11.1 Å². The maximum Gasteiger partial charge on any atom is 0.295 e. The highest BCUT2D eigenvalue weighted by molar-refractivity contribution is 5.85. The molecule has 0 fully saturated rings. The van der Waals surface area contributed by atoms with Gasteiger partial charge in [-0.15, -0.1) is 12.4 Å². The topological polar surface area (TPSA) is 69.2 Å². The third kappa shape index (κ3) is 2.09. The highest BCUT2D eigenvalue weighted by Crippen LogP contribution is 2.27. The van der Waals surface area contributed by atoms with Gasteiger partial charge in [-0.1, -0.05) is 6.07 Å². The molecular weight excluding hydrogens is 192 g/mol. The fraction of sp³-hybridized carbons (Fsp3) is 0.250. The van der Waals surface area contributed by atoms with Crippen molar-refractivity contribution in [2.45, 2.75) is 13.8 Å². The molecule has 0 saturated carbocycles. The first-order valence-corrected chi connectivity index (χ1v) is 3.54. The molecule has 0 spiro atoms. The molecule has 1 rings (SSSR count). The molecule has 0 aliphatic carbocycles. The Morgan fingerprint density at radius 3 is 2.31 bits per heavy atom. The van der Waals surface area contributed by atoms with Crippen LogP contribution in [0.5, 0.6) is 0 Å². The molecule has 0 aliphatic rings. The highest BCUT2D eigenvalue weighted by atomic mass is 35.5. The molecule has 0 saturated heterocycles. The van der Waals surface area contributed by atoms with E-state index in [0.29, 0.717) is 5.56 Å². The van der Waals surface area contributed by atoms with Crippen LogP contribution in [0, 0.1) is 24.0 Å². The van der Waals surface area contributed by atoms with Crippen LogP contribution in [0.3, 0.4) is 0 Å². The number of nitro groups is 1. The van der Waals surface area contributed by atoms with E-state index in [9.17, 15) is 10.1 Å². The van der Waals surface area contributed by atoms with E-state index in [1.54, 1.807) is 19.1 Å². The molecule has 1 aromatic rings. The fourth-order valence-electron chi connectivity index (χ4n) is 1.06. The van der Waals surface area contributed by atoms with Gasteiger partial charge in [0.1, 0.15) is 5.69 Å². The number of nitrogen functional groups attached to an aromatic ring is 1. The molecule has 0 radical (unpaired) electrons. The van der Waals surface area contributed by atoms with Crippen LogP contribution < -0.4 is 5.73 Å². The van der Waals surface area contributed by atoms with Crippen molar-refractivity contribution in [1.82, 2.24) is 0 Å². The van der Waals surface area contributed by atoms with E-state index in [2.05, 4.69) is 0 Å². The summed E-state index contributed by atoms with van der Waals surface area (Å²) < 4.78 is 0. The number of halogens is 1. The van der Waals surface area contributed by atoms with Crippen molar-refractivity contribution in [1.29, 1.82) is 0 Å². The maximum atomic E-state index is 10.5. The Labute approximate surface area is 82.3 Å². The summed E-state index contributed by atoms with van der Waals surface area (Å²) in [5.74, 6) is 0. The molecule has 5 heteroatoms. The van der Waals surface area contributed by atoms with Gasteiger partial charge in [0, 0.05) is 5.56 Å². The standard InChI is InChI=1S/C8H10N2O2.ClH/c1-5-3-4-7(9)8(6(5)2)10(11)12;/h3-4H,9H2,1-2H3;1H. The van der Waals surface area contributed by atoms with E-state index in [4.69, 9.17) is 5.73 Å². The summed E-state index contributed by atoms with van der Waals surface area (Å²) in [7, 11) is 0. The normalized spacial score (nSPS) is 9.08. The molecule has 13 heavy (non-hydrogen) atoms. The maximum absolute atomic E-state index is 10.5. The van der Waals surface area contributed by atoms with Crippen LogP contribution in [0.2, 0.25) is 0 Å². The lowest BCUT2D eigenvalue weighted by Gasteiger charge is -2.02. The van der Waals surface area contributed by atoms with Gasteiger partial charge < -0.3 is 5.73 Å². The van der Waals surface area contributed by atoms with E-state index in [0.717, 1.165) is 5.56 Å². The Hall–Kier alpha value is -1.29. The second-order valence-electron chi connectivity index (χ2n) is 2.70. The number of hydrogen-bond donors (Lipinski definition) is 1. The highest BCUT2D eigenvalue weighted by Gasteiger charge is 2.15. The number of nitrogens with two attached hydrogens (primary N) is 1. The number of aryl methyl sites for hydroxylation is 1. The summed E-state index contributed by atoms with van der Waals surface area (Å²) in [5.41, 5.74) is 7.22. The van der Waals surface area contributed by atoms with Crippen molar-refractivity contribution in [2.75, 3.05) is 5.73 Å². The van der Waals surface area contributed by atoms with Gasteiger partial charge in [-0.3, -0.25) is 10.1 Å². The number of rotatable bonds is 1. The van der Waals surface area contributed by atoms with Crippen LogP contribution in [-0.4, -0.2) is 4.92 Å². The summed E-state index contributed by atoms with van der Waals surface area (Å²) in [6, 6.07) is 3.33. The van der Waals surface area contributed by atoms with Crippen LogP contribution in [-0.2, 0) is 0 Å². The predicted molar refractivity (Wildman–Crippen MR) is 54.2 cm³/mol. The third-order valence-corrected chi connectivity index (χ3v) is 1.92. The van der Waals surface area contributed by atoms with Crippen LogP contribution in [0.25, 0.3) is 0 Å². The molecule has 4 nitrogen and oxygen atoms in total. The summed E-state index contributed by atoms with van der Waals surface area (Å²) in [6.45, 7) is 3.52. The van der Waals surface area contributed by atoms with Gasteiger partial charge in [0.05, 0.1) is 4.92 Å². The molecule has 0 unspecified atom stereocenters. The SMILES string of the molecule is Cc1ccc(N)c([N+](=O)[O-])c1C.Cl. The van der Waals surface area contributed by atoms with Gasteiger partial charge in [-0.2, -0.15) is 0 Å². The van der Waals surface area contributed by atoms with Crippen LogP contribution >= 0.6 is 12.4 Å². The molecule has 0 atom stereocenters. The molecule has 0 aromatic heterocycles. The van der Waals surface area contributed by atoms with Gasteiger partial charge in [0.25, 0.3) is 5.69 Å². The smallest absolute Gasteiger partial charge is 0.295 e. The van der Waals surface area contributed by atoms with Gasteiger partial charge in [-0.25, -0.2) is 0 Å². The average Bonchev–Trinajstić information content (AvgIpc) is 1.97. The first-order chi connectivity index (χ1) is 5.54. The Kier molecular flexibility index (Phi) is 3.69. The lowest BCUT2D eigenvalue weighted by atomic mass is 10.1. The van der Waals surface area contributed by atoms with E-state index >= 15 is 0 Å². The zero-order valence-corrected chi connectivity index (χ0v) is 8.22. The number of nitrogens with zero attached hydrogens (tertiary/aromatic N) is 1. The molecule has 0 bridgehead atoms. The lowest BCUT2D eigenvalue weighted by Crippen LogP contribution is -1.99. The minimum atomic E-state index is -0.447. The number of hydrogen-bond acceptors (Lipinski definition) is 3. The van der Waals surface area contributed by atoms with E-state index in [-0.39, 0.29) is 23.8 Å². The van der Waals surface area contributed by atoms with E-state index < -0.39 is 4.92 Å². The van der Waals surface area contributed by atoms with Gasteiger partial charge in [0.2, 0.25) is 0 Å². The van der Waals surface area contributed by atoms with Crippen molar-refractivity contribution in [3.63, 3.8) is 0 Å². The molecule has 0 aliphatic heterocycles. The summed E-state index contributed by atoms with van der Waals surface area (Å²) in [5, 5.41) is 10.5. The second-order valence-corrected chi connectivity index (χ2v) is 2.70. The third-order valence-electron chi connectivity index (χ3n) is 1.92. The Bertz CT molecular complexity index is 339. The molecular formula is C8H11ClN2O2. The number of nitro benzene ring substituents is 1.